The molecule has 0 fully saturated rings. The molecule has 0 atom stereocenters. The van der Waals surface area contributed by atoms with Gasteiger partial charge in [0.2, 0.25) is 0 Å². The highest BCUT2D eigenvalue weighted by Crippen LogP contribution is 2.26. The van der Waals surface area contributed by atoms with Crippen LogP contribution in [0.5, 0.6) is 5.75 Å². The molecule has 1 aliphatic heterocycles. The topological polar surface area (TPSA) is 58.2 Å². The number of aromatic amines is 1. The Morgan fingerprint density at radius 1 is 1.12 bits per heavy atom. The van der Waals surface area contributed by atoms with E-state index in [4.69, 9.17) is 4.74 Å². The Kier molecular flexibility index (Phi) is 3.98. The Morgan fingerprint density at radius 2 is 1.88 bits per heavy atom. The molecule has 1 amide bonds. The average Bonchev–Trinajstić information content (AvgIpc) is 2.90. The van der Waals surface area contributed by atoms with Crippen LogP contribution in [0, 0.1) is 6.92 Å². The number of para-hydroxylation sites is 1. The van der Waals surface area contributed by atoms with Gasteiger partial charge in [0.1, 0.15) is 18.1 Å². The van der Waals surface area contributed by atoms with Crippen molar-refractivity contribution in [3.63, 3.8) is 0 Å². The number of rotatable bonds is 2. The SMILES string of the molecule is Cc1c(-c2ccccc2)n[nH]c1C(=O)N1CCOc2ccccc2C1. The van der Waals surface area contributed by atoms with Crippen LogP contribution in [0.25, 0.3) is 11.3 Å². The first-order valence-corrected chi connectivity index (χ1v) is 8.34. The molecule has 4 rings (SSSR count). The van der Waals surface area contributed by atoms with Gasteiger partial charge in [-0.25, -0.2) is 0 Å². The molecule has 1 aliphatic rings. The monoisotopic (exact) mass is 333 g/mol. The quantitative estimate of drug-likeness (QED) is 0.782. The van der Waals surface area contributed by atoms with Crippen LogP contribution >= 0.6 is 0 Å². The van der Waals surface area contributed by atoms with Gasteiger partial charge >= 0.3 is 0 Å². The minimum absolute atomic E-state index is 0.0486. The highest BCUT2D eigenvalue weighted by molar-refractivity contribution is 5.95. The van der Waals surface area contributed by atoms with Gasteiger partial charge in [-0.15, -0.1) is 0 Å². The lowest BCUT2D eigenvalue weighted by molar-refractivity contribution is 0.0726. The van der Waals surface area contributed by atoms with Crippen LogP contribution in [0.2, 0.25) is 0 Å². The van der Waals surface area contributed by atoms with E-state index in [0.717, 1.165) is 28.1 Å². The maximum Gasteiger partial charge on any atom is 0.272 e. The molecule has 2 heterocycles. The Bertz CT molecular complexity index is 902. The molecular formula is C20H19N3O2. The van der Waals surface area contributed by atoms with E-state index < -0.39 is 0 Å². The van der Waals surface area contributed by atoms with Crippen molar-refractivity contribution >= 4 is 5.91 Å². The molecule has 3 aromatic rings. The van der Waals surface area contributed by atoms with E-state index in [-0.39, 0.29) is 5.91 Å². The number of ether oxygens (including phenoxy) is 1. The van der Waals surface area contributed by atoms with Crippen molar-refractivity contribution in [2.75, 3.05) is 13.2 Å². The van der Waals surface area contributed by atoms with Crippen LogP contribution in [-0.4, -0.2) is 34.2 Å². The average molecular weight is 333 g/mol. The number of nitrogens with one attached hydrogen (secondary N) is 1. The first-order chi connectivity index (χ1) is 12.2. The molecule has 5 heteroatoms. The van der Waals surface area contributed by atoms with E-state index in [1.54, 1.807) is 4.90 Å². The van der Waals surface area contributed by atoms with E-state index >= 15 is 0 Å². The van der Waals surface area contributed by atoms with Crippen LogP contribution < -0.4 is 4.74 Å². The van der Waals surface area contributed by atoms with Gasteiger partial charge in [0.05, 0.1) is 12.2 Å². The largest absolute Gasteiger partial charge is 0.491 e. The van der Waals surface area contributed by atoms with E-state index in [1.807, 2.05) is 61.5 Å². The maximum absolute atomic E-state index is 13.0. The predicted molar refractivity (Wildman–Crippen MR) is 95.4 cm³/mol. The molecule has 126 valence electrons. The van der Waals surface area contributed by atoms with Crippen molar-refractivity contribution in [1.29, 1.82) is 0 Å². The third kappa shape index (κ3) is 2.89. The lowest BCUT2D eigenvalue weighted by Crippen LogP contribution is -2.33. The number of amides is 1. The molecular weight excluding hydrogens is 314 g/mol. The van der Waals surface area contributed by atoms with Crippen LogP contribution in [0.4, 0.5) is 0 Å². The van der Waals surface area contributed by atoms with Crippen molar-refractivity contribution in [2.24, 2.45) is 0 Å². The Hall–Kier alpha value is -3.08. The number of hydrogen-bond acceptors (Lipinski definition) is 3. The van der Waals surface area contributed by atoms with Gasteiger partial charge in [-0.2, -0.15) is 5.10 Å². The summed E-state index contributed by atoms with van der Waals surface area (Å²) in [5.41, 5.74) is 4.25. The second-order valence-corrected chi connectivity index (χ2v) is 6.12. The Morgan fingerprint density at radius 3 is 2.72 bits per heavy atom. The molecule has 0 saturated heterocycles. The number of carbonyl (C=O) groups is 1. The first kappa shape index (κ1) is 15.4. The standard InChI is InChI=1S/C20H19N3O2/c1-14-18(15-7-3-2-4-8-15)21-22-19(14)20(24)23-11-12-25-17-10-6-5-9-16(17)13-23/h2-10H,11-13H2,1H3,(H,21,22). The van der Waals surface area contributed by atoms with Crippen LogP contribution in [0.1, 0.15) is 21.6 Å². The van der Waals surface area contributed by atoms with Gasteiger partial charge in [0, 0.05) is 23.2 Å². The number of nitrogens with zero attached hydrogens (tertiary/aromatic N) is 2. The zero-order valence-corrected chi connectivity index (χ0v) is 14.0. The number of benzene rings is 2. The second-order valence-electron chi connectivity index (χ2n) is 6.12. The molecule has 1 aromatic heterocycles. The summed E-state index contributed by atoms with van der Waals surface area (Å²) in [6.07, 6.45) is 0. The van der Waals surface area contributed by atoms with Gasteiger partial charge < -0.3 is 9.64 Å². The molecule has 0 bridgehead atoms. The number of fused-ring (bicyclic) bond motifs is 1. The summed E-state index contributed by atoms with van der Waals surface area (Å²) in [4.78, 5) is 14.8. The van der Waals surface area contributed by atoms with Gasteiger partial charge in [-0.05, 0) is 13.0 Å². The van der Waals surface area contributed by atoms with Crippen molar-refractivity contribution in [3.05, 3.63) is 71.4 Å². The fourth-order valence-electron chi connectivity index (χ4n) is 3.14. The molecule has 5 nitrogen and oxygen atoms in total. The maximum atomic E-state index is 13.0. The van der Waals surface area contributed by atoms with E-state index in [0.29, 0.717) is 25.4 Å². The van der Waals surface area contributed by atoms with Crippen molar-refractivity contribution in [1.82, 2.24) is 15.1 Å². The second kappa shape index (κ2) is 6.43. The zero-order chi connectivity index (χ0) is 17.2. The molecule has 0 spiro atoms. The molecule has 1 N–H and O–H groups in total. The molecule has 0 unspecified atom stereocenters. The summed E-state index contributed by atoms with van der Waals surface area (Å²) in [6.45, 7) is 3.50. The molecule has 25 heavy (non-hydrogen) atoms. The summed E-state index contributed by atoms with van der Waals surface area (Å²) < 4.78 is 5.75. The normalized spacial score (nSPS) is 13.7. The minimum Gasteiger partial charge on any atom is -0.491 e. The highest BCUT2D eigenvalue weighted by atomic mass is 16.5. The number of H-pyrrole nitrogens is 1. The first-order valence-electron chi connectivity index (χ1n) is 8.34. The summed E-state index contributed by atoms with van der Waals surface area (Å²) in [5.74, 6) is 0.802. The lowest BCUT2D eigenvalue weighted by Gasteiger charge is -2.19. The fourth-order valence-corrected chi connectivity index (χ4v) is 3.14. The molecule has 0 radical (unpaired) electrons. The van der Waals surface area contributed by atoms with Gasteiger partial charge in [0.15, 0.2) is 0 Å². The van der Waals surface area contributed by atoms with Gasteiger partial charge in [-0.3, -0.25) is 9.89 Å². The third-order valence-corrected chi connectivity index (χ3v) is 4.51. The summed E-state index contributed by atoms with van der Waals surface area (Å²) in [7, 11) is 0. The van der Waals surface area contributed by atoms with Crippen molar-refractivity contribution in [3.8, 4) is 17.0 Å². The van der Waals surface area contributed by atoms with Crippen LogP contribution in [0.15, 0.2) is 54.6 Å². The summed E-state index contributed by atoms with van der Waals surface area (Å²) in [5, 5.41) is 7.30. The summed E-state index contributed by atoms with van der Waals surface area (Å²) >= 11 is 0. The molecule has 0 aliphatic carbocycles. The lowest BCUT2D eigenvalue weighted by atomic mass is 10.1. The van der Waals surface area contributed by atoms with Gasteiger partial charge in [-0.1, -0.05) is 48.5 Å². The zero-order valence-electron chi connectivity index (χ0n) is 14.0. The van der Waals surface area contributed by atoms with Crippen molar-refractivity contribution < 1.29 is 9.53 Å². The minimum atomic E-state index is -0.0486. The number of hydrogen-bond donors (Lipinski definition) is 1. The molecule has 0 saturated carbocycles. The molecule has 2 aromatic carbocycles. The van der Waals surface area contributed by atoms with E-state index in [1.165, 1.54) is 0 Å². The Balaban J connectivity index is 1.63. The van der Waals surface area contributed by atoms with E-state index in [9.17, 15) is 4.79 Å². The fraction of sp³-hybridized carbons (Fsp3) is 0.200. The number of carbonyl (C=O) groups excluding carboxylic acids is 1. The van der Waals surface area contributed by atoms with Crippen LogP contribution in [0.3, 0.4) is 0 Å². The predicted octanol–water partition coefficient (Wildman–Crippen LogP) is 3.42. The smallest absolute Gasteiger partial charge is 0.272 e. The number of aromatic nitrogens is 2. The van der Waals surface area contributed by atoms with Crippen molar-refractivity contribution in [2.45, 2.75) is 13.5 Å². The third-order valence-electron chi connectivity index (χ3n) is 4.51. The van der Waals surface area contributed by atoms with E-state index in [2.05, 4.69) is 10.2 Å². The van der Waals surface area contributed by atoms with Gasteiger partial charge in [0.25, 0.3) is 5.91 Å². The Labute approximate surface area is 146 Å². The highest BCUT2D eigenvalue weighted by Gasteiger charge is 2.25. The van der Waals surface area contributed by atoms with Crippen LogP contribution in [-0.2, 0) is 6.54 Å². The summed E-state index contributed by atoms with van der Waals surface area (Å²) in [6, 6.07) is 17.7.